The third-order valence-corrected chi connectivity index (χ3v) is 4.03. The molecule has 0 saturated carbocycles. The fourth-order valence-electron chi connectivity index (χ4n) is 1.96. The van der Waals surface area contributed by atoms with Gasteiger partial charge in [0.15, 0.2) is 0 Å². The lowest BCUT2D eigenvalue weighted by molar-refractivity contribution is 0.0942. The number of carbonyl (C=O) groups is 1. The zero-order chi connectivity index (χ0) is 17.0. The molecule has 0 aliphatic carbocycles. The molecule has 2 rings (SSSR count). The first-order valence-corrected chi connectivity index (χ1v) is 8.24. The summed E-state index contributed by atoms with van der Waals surface area (Å²) in [7, 11) is 0. The molecule has 122 valence electrons. The lowest BCUT2D eigenvalue weighted by atomic mass is 10.2. The van der Waals surface area contributed by atoms with E-state index in [1.165, 1.54) is 0 Å². The van der Waals surface area contributed by atoms with Gasteiger partial charge in [-0.25, -0.2) is 0 Å². The lowest BCUT2D eigenvalue weighted by Crippen LogP contribution is -2.49. The van der Waals surface area contributed by atoms with Gasteiger partial charge in [0, 0.05) is 5.69 Å². The standard InChI is InChI=1S/C16H14Cl4N2O/c1-10-5-4-6-11(9-10)21-15(16(18,19)20)22-14(23)12-7-2-3-8-13(12)17/h2-9,15,21H,1H3,(H,22,23)/t15-/m0/s1. The fraction of sp³-hybridized carbons (Fsp3) is 0.188. The van der Waals surface area contributed by atoms with Gasteiger partial charge in [-0.15, -0.1) is 0 Å². The van der Waals surface area contributed by atoms with Crippen LogP contribution in [0.2, 0.25) is 5.02 Å². The van der Waals surface area contributed by atoms with Gasteiger partial charge in [0.05, 0.1) is 10.6 Å². The predicted octanol–water partition coefficient (Wildman–Crippen LogP) is 5.19. The summed E-state index contributed by atoms with van der Waals surface area (Å²) in [5.41, 5.74) is 2.07. The van der Waals surface area contributed by atoms with Gasteiger partial charge in [-0.3, -0.25) is 4.79 Å². The van der Waals surface area contributed by atoms with E-state index in [4.69, 9.17) is 46.4 Å². The molecule has 7 heteroatoms. The predicted molar refractivity (Wildman–Crippen MR) is 97.8 cm³/mol. The summed E-state index contributed by atoms with van der Waals surface area (Å²) in [4.78, 5) is 12.4. The number of anilines is 1. The number of hydrogen-bond acceptors (Lipinski definition) is 2. The highest BCUT2D eigenvalue weighted by Gasteiger charge is 2.34. The molecule has 23 heavy (non-hydrogen) atoms. The summed E-state index contributed by atoms with van der Waals surface area (Å²) in [5, 5.41) is 5.98. The summed E-state index contributed by atoms with van der Waals surface area (Å²) in [6.07, 6.45) is -0.932. The Kier molecular flexibility index (Phi) is 6.04. The molecule has 0 aliphatic heterocycles. The van der Waals surface area contributed by atoms with Crippen LogP contribution in [0.3, 0.4) is 0 Å². The van der Waals surface area contributed by atoms with Gasteiger partial charge in [-0.2, -0.15) is 0 Å². The molecular weight excluding hydrogens is 378 g/mol. The van der Waals surface area contributed by atoms with Crippen molar-refractivity contribution in [2.45, 2.75) is 16.9 Å². The van der Waals surface area contributed by atoms with Crippen LogP contribution < -0.4 is 10.6 Å². The number of benzene rings is 2. The molecule has 0 bridgehead atoms. The quantitative estimate of drug-likeness (QED) is 0.556. The molecular formula is C16H14Cl4N2O. The van der Waals surface area contributed by atoms with Crippen LogP contribution >= 0.6 is 46.4 Å². The Hall–Kier alpha value is -1.13. The SMILES string of the molecule is Cc1cccc(N[C@@H](NC(=O)c2ccccc2Cl)C(Cl)(Cl)Cl)c1. The molecule has 0 heterocycles. The first kappa shape index (κ1) is 18.2. The van der Waals surface area contributed by atoms with Gasteiger partial charge in [-0.1, -0.05) is 70.7 Å². The van der Waals surface area contributed by atoms with E-state index < -0.39 is 15.9 Å². The molecule has 1 atom stereocenters. The Bertz CT molecular complexity index is 700. The number of amides is 1. The van der Waals surface area contributed by atoms with Gasteiger partial charge in [0.2, 0.25) is 3.79 Å². The number of carbonyl (C=O) groups excluding carboxylic acids is 1. The van der Waals surface area contributed by atoms with Crippen LogP contribution in [-0.4, -0.2) is 15.9 Å². The number of alkyl halides is 3. The van der Waals surface area contributed by atoms with Gasteiger partial charge < -0.3 is 10.6 Å². The zero-order valence-corrected chi connectivity index (χ0v) is 15.1. The molecule has 0 saturated heterocycles. The van der Waals surface area contributed by atoms with Crippen LogP contribution in [0.25, 0.3) is 0 Å². The normalized spacial score (nSPS) is 12.6. The molecule has 3 nitrogen and oxygen atoms in total. The molecule has 0 radical (unpaired) electrons. The van der Waals surface area contributed by atoms with Gasteiger partial charge in [0.1, 0.15) is 6.17 Å². The number of aryl methyl sites for hydroxylation is 1. The number of nitrogens with one attached hydrogen (secondary N) is 2. The van der Waals surface area contributed by atoms with E-state index in [-0.39, 0.29) is 0 Å². The van der Waals surface area contributed by atoms with Crippen LogP contribution in [0, 0.1) is 6.92 Å². The van der Waals surface area contributed by atoms with Crippen molar-refractivity contribution in [2.24, 2.45) is 0 Å². The Morgan fingerprint density at radius 1 is 1.09 bits per heavy atom. The third-order valence-electron chi connectivity index (χ3n) is 3.05. The maximum Gasteiger partial charge on any atom is 0.254 e. The smallest absolute Gasteiger partial charge is 0.254 e. The monoisotopic (exact) mass is 390 g/mol. The maximum atomic E-state index is 12.4. The van der Waals surface area contributed by atoms with Crippen LogP contribution in [0.1, 0.15) is 15.9 Å². The van der Waals surface area contributed by atoms with Gasteiger partial charge in [-0.05, 0) is 36.8 Å². The maximum absolute atomic E-state index is 12.4. The van der Waals surface area contributed by atoms with Gasteiger partial charge >= 0.3 is 0 Å². The fourth-order valence-corrected chi connectivity index (χ4v) is 2.50. The van der Waals surface area contributed by atoms with Crippen molar-refractivity contribution in [3.63, 3.8) is 0 Å². The first-order valence-electron chi connectivity index (χ1n) is 6.72. The zero-order valence-electron chi connectivity index (χ0n) is 12.1. The number of halogens is 4. The Balaban J connectivity index is 2.20. The van der Waals surface area contributed by atoms with Crippen LogP contribution in [0.4, 0.5) is 5.69 Å². The molecule has 2 aromatic carbocycles. The number of hydrogen-bond donors (Lipinski definition) is 2. The average molecular weight is 392 g/mol. The van der Waals surface area contributed by atoms with E-state index in [0.29, 0.717) is 10.6 Å². The highest BCUT2D eigenvalue weighted by atomic mass is 35.6. The molecule has 0 spiro atoms. The Morgan fingerprint density at radius 2 is 1.78 bits per heavy atom. The first-order chi connectivity index (χ1) is 10.8. The van der Waals surface area contributed by atoms with Crippen molar-refractivity contribution < 1.29 is 4.79 Å². The second kappa shape index (κ2) is 7.63. The van der Waals surface area contributed by atoms with Crippen LogP contribution in [0.5, 0.6) is 0 Å². The summed E-state index contributed by atoms with van der Waals surface area (Å²) in [5.74, 6) is -0.438. The summed E-state index contributed by atoms with van der Waals surface area (Å²) < 4.78 is -1.75. The minimum Gasteiger partial charge on any atom is -0.362 e. The van der Waals surface area contributed by atoms with Crippen molar-refractivity contribution in [2.75, 3.05) is 5.32 Å². The molecule has 0 aliphatic rings. The summed E-state index contributed by atoms with van der Waals surface area (Å²) in [6.45, 7) is 1.94. The second-order valence-corrected chi connectivity index (χ2v) is 7.72. The second-order valence-electron chi connectivity index (χ2n) is 4.94. The molecule has 0 unspecified atom stereocenters. The third kappa shape index (κ3) is 5.18. The van der Waals surface area contributed by atoms with Crippen molar-refractivity contribution in [1.29, 1.82) is 0 Å². The average Bonchev–Trinajstić information content (AvgIpc) is 2.46. The van der Waals surface area contributed by atoms with E-state index in [0.717, 1.165) is 11.3 Å². The highest BCUT2D eigenvalue weighted by Crippen LogP contribution is 2.31. The van der Waals surface area contributed by atoms with Crippen molar-refractivity contribution >= 4 is 58.0 Å². The van der Waals surface area contributed by atoms with E-state index in [1.807, 2.05) is 31.2 Å². The van der Waals surface area contributed by atoms with E-state index in [1.54, 1.807) is 24.3 Å². The lowest BCUT2D eigenvalue weighted by Gasteiger charge is -2.27. The van der Waals surface area contributed by atoms with E-state index in [2.05, 4.69) is 10.6 Å². The number of rotatable bonds is 4. The molecule has 0 fully saturated rings. The van der Waals surface area contributed by atoms with Crippen LogP contribution in [0.15, 0.2) is 48.5 Å². The van der Waals surface area contributed by atoms with Crippen molar-refractivity contribution in [1.82, 2.24) is 5.32 Å². The summed E-state index contributed by atoms with van der Waals surface area (Å²) >= 11 is 24.0. The van der Waals surface area contributed by atoms with Crippen LogP contribution in [-0.2, 0) is 0 Å². The molecule has 0 aromatic heterocycles. The van der Waals surface area contributed by atoms with Gasteiger partial charge in [0.25, 0.3) is 5.91 Å². The minimum atomic E-state index is -1.75. The van der Waals surface area contributed by atoms with Crippen molar-refractivity contribution in [3.8, 4) is 0 Å². The van der Waals surface area contributed by atoms with Crippen molar-refractivity contribution in [3.05, 3.63) is 64.7 Å². The largest absolute Gasteiger partial charge is 0.362 e. The highest BCUT2D eigenvalue weighted by molar-refractivity contribution is 6.68. The Morgan fingerprint density at radius 3 is 2.39 bits per heavy atom. The summed E-state index contributed by atoms with van der Waals surface area (Å²) in [6, 6.07) is 14.2. The Labute approximate surface area is 154 Å². The molecule has 2 aromatic rings. The topological polar surface area (TPSA) is 41.1 Å². The van der Waals surface area contributed by atoms with E-state index in [9.17, 15) is 4.79 Å². The molecule has 1 amide bonds. The minimum absolute atomic E-state index is 0.305. The molecule has 2 N–H and O–H groups in total. The van der Waals surface area contributed by atoms with E-state index >= 15 is 0 Å².